The van der Waals surface area contributed by atoms with Crippen LogP contribution in [0.25, 0.3) is 6.08 Å². The van der Waals surface area contributed by atoms with Gasteiger partial charge in [-0.3, -0.25) is 4.79 Å². The number of nitrogens with zero attached hydrogens (tertiary/aromatic N) is 1. The van der Waals surface area contributed by atoms with Gasteiger partial charge in [-0.25, -0.2) is 5.43 Å². The van der Waals surface area contributed by atoms with Crippen molar-refractivity contribution in [2.24, 2.45) is 5.10 Å². The number of H-pyrrole nitrogens is 1. The summed E-state index contributed by atoms with van der Waals surface area (Å²) in [5.74, 6) is -0.277. The van der Waals surface area contributed by atoms with E-state index in [9.17, 15) is 4.79 Å². The van der Waals surface area contributed by atoms with Crippen molar-refractivity contribution in [3.63, 3.8) is 0 Å². The standard InChI is InChI=1S/C14H12BrN3O/c15-12(9-11-5-2-1-3-6-11)10-17-18-14(19)13-7-4-8-16-13/h1-10,16H,(H,18,19)/b12-9-,17-10-. The minimum Gasteiger partial charge on any atom is -0.357 e. The van der Waals surface area contributed by atoms with E-state index in [0.717, 1.165) is 10.0 Å². The van der Waals surface area contributed by atoms with Crippen LogP contribution in [0.2, 0.25) is 0 Å². The first kappa shape index (κ1) is 13.3. The smallest absolute Gasteiger partial charge is 0.287 e. The summed E-state index contributed by atoms with van der Waals surface area (Å²) in [5.41, 5.74) is 3.96. The molecule has 0 aliphatic rings. The Balaban J connectivity index is 1.92. The summed E-state index contributed by atoms with van der Waals surface area (Å²) in [4.78, 5) is 14.4. The molecule has 2 rings (SSSR count). The Labute approximate surface area is 119 Å². The Morgan fingerprint density at radius 1 is 1.21 bits per heavy atom. The number of carbonyl (C=O) groups excluding carboxylic acids is 1. The van der Waals surface area contributed by atoms with E-state index in [1.54, 1.807) is 18.3 Å². The highest BCUT2D eigenvalue weighted by Crippen LogP contribution is 2.09. The molecule has 0 saturated carbocycles. The van der Waals surface area contributed by atoms with Gasteiger partial charge in [-0.15, -0.1) is 0 Å². The average molecular weight is 318 g/mol. The van der Waals surface area contributed by atoms with Gasteiger partial charge in [0, 0.05) is 10.7 Å². The van der Waals surface area contributed by atoms with Gasteiger partial charge in [-0.05, 0) is 39.7 Å². The number of allylic oxidation sites excluding steroid dienone is 1. The second-order valence-electron chi connectivity index (χ2n) is 3.72. The molecule has 0 aliphatic heterocycles. The maximum absolute atomic E-state index is 11.6. The van der Waals surface area contributed by atoms with E-state index >= 15 is 0 Å². The minimum absolute atomic E-state index is 0.277. The van der Waals surface area contributed by atoms with E-state index in [1.165, 1.54) is 6.21 Å². The van der Waals surface area contributed by atoms with Crippen LogP contribution in [0, 0.1) is 0 Å². The van der Waals surface area contributed by atoms with Gasteiger partial charge < -0.3 is 4.98 Å². The second-order valence-corrected chi connectivity index (χ2v) is 4.64. The fourth-order valence-corrected chi connectivity index (χ4v) is 1.80. The molecule has 19 heavy (non-hydrogen) atoms. The highest BCUT2D eigenvalue weighted by molar-refractivity contribution is 9.12. The molecule has 1 amide bonds. The SMILES string of the molecule is O=C(N/N=C\C(Br)=C\c1ccccc1)c1ccc[nH]1. The Morgan fingerprint density at radius 3 is 2.68 bits per heavy atom. The first-order valence-electron chi connectivity index (χ1n) is 5.65. The number of aromatic nitrogens is 1. The van der Waals surface area contributed by atoms with Crippen LogP contribution in [0.4, 0.5) is 0 Å². The van der Waals surface area contributed by atoms with Crippen LogP contribution < -0.4 is 5.43 Å². The molecule has 96 valence electrons. The third-order valence-electron chi connectivity index (χ3n) is 2.30. The molecule has 5 heteroatoms. The predicted octanol–water partition coefficient (Wildman–Crippen LogP) is 3.17. The molecule has 0 spiro atoms. The van der Waals surface area contributed by atoms with Crippen molar-refractivity contribution in [2.75, 3.05) is 0 Å². The lowest BCUT2D eigenvalue weighted by Gasteiger charge is -1.96. The zero-order valence-electron chi connectivity index (χ0n) is 10.0. The van der Waals surface area contributed by atoms with Crippen LogP contribution in [-0.2, 0) is 0 Å². The van der Waals surface area contributed by atoms with Gasteiger partial charge in [-0.2, -0.15) is 5.10 Å². The Morgan fingerprint density at radius 2 is 2.00 bits per heavy atom. The molecule has 2 N–H and O–H groups in total. The summed E-state index contributed by atoms with van der Waals surface area (Å²) < 4.78 is 0.769. The largest absolute Gasteiger partial charge is 0.357 e. The van der Waals surface area contributed by atoms with Gasteiger partial charge in [0.1, 0.15) is 5.69 Å². The molecule has 0 fully saturated rings. The first-order chi connectivity index (χ1) is 9.25. The predicted molar refractivity (Wildman–Crippen MR) is 80.1 cm³/mol. The average Bonchev–Trinajstić information content (AvgIpc) is 2.93. The molecule has 0 saturated heterocycles. The highest BCUT2D eigenvalue weighted by atomic mass is 79.9. The number of halogens is 1. The number of benzene rings is 1. The number of carbonyl (C=O) groups is 1. The lowest BCUT2D eigenvalue weighted by atomic mass is 10.2. The zero-order valence-corrected chi connectivity index (χ0v) is 11.6. The minimum atomic E-state index is -0.277. The third kappa shape index (κ3) is 4.22. The van der Waals surface area contributed by atoms with Crippen LogP contribution in [-0.4, -0.2) is 17.1 Å². The Bertz CT molecular complexity index is 588. The molecule has 0 atom stereocenters. The van der Waals surface area contributed by atoms with E-state index < -0.39 is 0 Å². The quantitative estimate of drug-likeness (QED) is 0.660. The van der Waals surface area contributed by atoms with Gasteiger partial charge in [0.05, 0.1) is 6.21 Å². The lowest BCUT2D eigenvalue weighted by Crippen LogP contribution is -2.17. The van der Waals surface area contributed by atoms with Crippen molar-refractivity contribution in [3.05, 3.63) is 64.4 Å². The molecule has 4 nitrogen and oxygen atoms in total. The first-order valence-corrected chi connectivity index (χ1v) is 6.44. The van der Waals surface area contributed by atoms with E-state index in [2.05, 4.69) is 31.4 Å². The van der Waals surface area contributed by atoms with Gasteiger partial charge >= 0.3 is 0 Å². The topological polar surface area (TPSA) is 57.2 Å². The fourth-order valence-electron chi connectivity index (χ4n) is 1.43. The number of nitrogens with one attached hydrogen (secondary N) is 2. The maximum atomic E-state index is 11.6. The van der Waals surface area contributed by atoms with Gasteiger partial charge in [0.2, 0.25) is 0 Å². The van der Waals surface area contributed by atoms with E-state index in [4.69, 9.17) is 0 Å². The summed E-state index contributed by atoms with van der Waals surface area (Å²) >= 11 is 3.37. The number of hydrazone groups is 1. The van der Waals surface area contributed by atoms with Crippen molar-refractivity contribution in [3.8, 4) is 0 Å². The molecule has 2 aromatic rings. The number of hydrogen-bond acceptors (Lipinski definition) is 2. The Hall–Kier alpha value is -2.14. The van der Waals surface area contributed by atoms with Crippen molar-refractivity contribution in [1.29, 1.82) is 0 Å². The van der Waals surface area contributed by atoms with Crippen molar-refractivity contribution >= 4 is 34.1 Å². The molecule has 1 heterocycles. The molecule has 1 aromatic heterocycles. The van der Waals surface area contributed by atoms with Gasteiger partial charge in [0.25, 0.3) is 5.91 Å². The van der Waals surface area contributed by atoms with Crippen molar-refractivity contribution in [2.45, 2.75) is 0 Å². The third-order valence-corrected chi connectivity index (χ3v) is 2.73. The molecular weight excluding hydrogens is 306 g/mol. The monoisotopic (exact) mass is 317 g/mol. The summed E-state index contributed by atoms with van der Waals surface area (Å²) in [5, 5.41) is 3.86. The van der Waals surface area contributed by atoms with Crippen molar-refractivity contribution < 1.29 is 4.79 Å². The second kappa shape index (κ2) is 6.70. The summed E-state index contributed by atoms with van der Waals surface area (Å²) in [6.45, 7) is 0. The van der Waals surface area contributed by atoms with Crippen LogP contribution in [0.15, 0.2) is 58.2 Å². The maximum Gasteiger partial charge on any atom is 0.287 e. The summed E-state index contributed by atoms with van der Waals surface area (Å²) in [6, 6.07) is 13.3. The number of amides is 1. The van der Waals surface area contributed by atoms with E-state index in [1.807, 2.05) is 36.4 Å². The number of rotatable bonds is 4. The van der Waals surface area contributed by atoms with Crippen LogP contribution in [0.1, 0.15) is 16.1 Å². The summed E-state index contributed by atoms with van der Waals surface area (Å²) in [7, 11) is 0. The zero-order chi connectivity index (χ0) is 13.5. The van der Waals surface area contributed by atoms with Crippen molar-refractivity contribution in [1.82, 2.24) is 10.4 Å². The normalized spacial score (nSPS) is 11.7. The molecule has 0 unspecified atom stereocenters. The molecular formula is C14H12BrN3O. The van der Waals surface area contributed by atoms with Gasteiger partial charge in [-0.1, -0.05) is 30.3 Å². The lowest BCUT2D eigenvalue weighted by molar-refractivity contribution is 0.0951. The molecule has 0 radical (unpaired) electrons. The summed E-state index contributed by atoms with van der Waals surface area (Å²) in [6.07, 6.45) is 5.13. The van der Waals surface area contributed by atoms with Crippen LogP contribution in [0.5, 0.6) is 0 Å². The van der Waals surface area contributed by atoms with E-state index in [0.29, 0.717) is 5.69 Å². The van der Waals surface area contributed by atoms with Crippen LogP contribution in [0.3, 0.4) is 0 Å². The molecule has 0 aliphatic carbocycles. The van der Waals surface area contributed by atoms with Crippen LogP contribution >= 0.6 is 15.9 Å². The Kier molecular flexibility index (Phi) is 4.69. The number of hydrogen-bond donors (Lipinski definition) is 2. The van der Waals surface area contributed by atoms with Gasteiger partial charge in [0.15, 0.2) is 0 Å². The fraction of sp³-hybridized carbons (Fsp3) is 0. The highest BCUT2D eigenvalue weighted by Gasteiger charge is 2.02. The molecule has 0 bridgehead atoms. The van der Waals surface area contributed by atoms with E-state index in [-0.39, 0.29) is 5.91 Å². The number of aromatic amines is 1. The molecule has 1 aromatic carbocycles.